The van der Waals surface area contributed by atoms with E-state index < -0.39 is 11.7 Å². The summed E-state index contributed by atoms with van der Waals surface area (Å²) in [4.78, 5) is 16.0. The fraction of sp³-hybridized carbons (Fsp3) is 0.318. The van der Waals surface area contributed by atoms with Crippen molar-refractivity contribution in [3.05, 3.63) is 59.7 Å². The van der Waals surface area contributed by atoms with Gasteiger partial charge in [-0.3, -0.25) is 4.79 Å². The van der Waals surface area contributed by atoms with Crippen LogP contribution in [0.15, 0.2) is 48.5 Å². The molecule has 2 aromatic carbocycles. The molecule has 1 saturated heterocycles. The zero-order valence-corrected chi connectivity index (χ0v) is 16.8. The molecule has 1 heterocycles. The van der Waals surface area contributed by atoms with Crippen LogP contribution < -0.4 is 14.4 Å². The van der Waals surface area contributed by atoms with E-state index in [1.165, 1.54) is 12.1 Å². The fourth-order valence-corrected chi connectivity index (χ4v) is 3.29. The van der Waals surface area contributed by atoms with E-state index in [-0.39, 0.29) is 5.91 Å². The van der Waals surface area contributed by atoms with E-state index in [0.29, 0.717) is 43.4 Å². The molecule has 0 atom stereocenters. The maximum Gasteiger partial charge on any atom is 0.416 e. The number of halogens is 3. The van der Waals surface area contributed by atoms with E-state index in [1.807, 2.05) is 11.0 Å². The maximum absolute atomic E-state index is 12.9. The lowest BCUT2D eigenvalue weighted by atomic mass is 10.1. The van der Waals surface area contributed by atoms with Gasteiger partial charge in [-0.15, -0.1) is 0 Å². The van der Waals surface area contributed by atoms with E-state index in [9.17, 15) is 18.0 Å². The first kappa shape index (κ1) is 21.5. The molecule has 5 nitrogen and oxygen atoms in total. The monoisotopic (exact) mass is 420 g/mol. The fourth-order valence-electron chi connectivity index (χ4n) is 3.29. The van der Waals surface area contributed by atoms with Crippen molar-refractivity contribution in [2.45, 2.75) is 6.18 Å². The topological polar surface area (TPSA) is 42.0 Å². The number of ether oxygens (including phenoxy) is 2. The summed E-state index contributed by atoms with van der Waals surface area (Å²) in [7, 11) is 3.09. The molecule has 0 aromatic heterocycles. The summed E-state index contributed by atoms with van der Waals surface area (Å²) in [6.07, 6.45) is -1.19. The minimum absolute atomic E-state index is 0.145. The van der Waals surface area contributed by atoms with Gasteiger partial charge in [-0.25, -0.2) is 0 Å². The highest BCUT2D eigenvalue weighted by molar-refractivity contribution is 5.92. The van der Waals surface area contributed by atoms with Crippen LogP contribution in [-0.2, 0) is 11.0 Å². The summed E-state index contributed by atoms with van der Waals surface area (Å²) < 4.78 is 49.2. The third-order valence-corrected chi connectivity index (χ3v) is 4.96. The van der Waals surface area contributed by atoms with E-state index in [2.05, 4.69) is 0 Å². The van der Waals surface area contributed by atoms with Gasteiger partial charge in [0, 0.05) is 37.9 Å². The van der Waals surface area contributed by atoms with Crippen LogP contribution in [0, 0.1) is 0 Å². The molecule has 8 heteroatoms. The Balaban J connectivity index is 1.60. The Hall–Kier alpha value is -3.16. The van der Waals surface area contributed by atoms with Crippen molar-refractivity contribution in [2.75, 3.05) is 45.3 Å². The SMILES string of the molecule is COc1ccc(/C=C\C(=O)N2CCN(c3cccc(C(F)(F)F)c3)CC2)cc1OC. The van der Waals surface area contributed by atoms with E-state index in [1.54, 1.807) is 43.4 Å². The average Bonchev–Trinajstić information content (AvgIpc) is 2.76. The molecule has 160 valence electrons. The molecule has 1 fully saturated rings. The first-order chi connectivity index (χ1) is 14.3. The van der Waals surface area contributed by atoms with Crippen molar-refractivity contribution in [1.29, 1.82) is 0 Å². The molecule has 1 aliphatic heterocycles. The van der Waals surface area contributed by atoms with Crippen molar-refractivity contribution in [3.8, 4) is 11.5 Å². The number of alkyl halides is 3. The second-order valence-corrected chi connectivity index (χ2v) is 6.81. The molecule has 0 N–H and O–H groups in total. The van der Waals surface area contributed by atoms with Crippen LogP contribution in [-0.4, -0.2) is 51.2 Å². The minimum Gasteiger partial charge on any atom is -0.493 e. The second kappa shape index (κ2) is 9.11. The largest absolute Gasteiger partial charge is 0.493 e. The number of hydrogen-bond acceptors (Lipinski definition) is 4. The van der Waals surface area contributed by atoms with Crippen molar-refractivity contribution in [3.63, 3.8) is 0 Å². The van der Waals surface area contributed by atoms with Crippen LogP contribution in [0.25, 0.3) is 6.08 Å². The summed E-state index contributed by atoms with van der Waals surface area (Å²) in [6.45, 7) is 1.81. The smallest absolute Gasteiger partial charge is 0.416 e. The Morgan fingerprint density at radius 1 is 0.967 bits per heavy atom. The van der Waals surface area contributed by atoms with Crippen LogP contribution in [0.5, 0.6) is 11.5 Å². The number of rotatable bonds is 5. The Kier molecular flexibility index (Phi) is 6.54. The van der Waals surface area contributed by atoms with E-state index in [4.69, 9.17) is 9.47 Å². The number of benzene rings is 2. The Morgan fingerprint density at radius 2 is 1.67 bits per heavy atom. The van der Waals surface area contributed by atoms with Crippen molar-refractivity contribution >= 4 is 17.7 Å². The van der Waals surface area contributed by atoms with Gasteiger partial charge in [0.1, 0.15) is 0 Å². The van der Waals surface area contributed by atoms with Crippen LogP contribution in [0.4, 0.5) is 18.9 Å². The number of carbonyl (C=O) groups excluding carboxylic acids is 1. The lowest BCUT2D eigenvalue weighted by molar-refractivity contribution is -0.137. The first-order valence-corrected chi connectivity index (χ1v) is 9.43. The predicted molar refractivity (Wildman–Crippen MR) is 109 cm³/mol. The molecular weight excluding hydrogens is 397 g/mol. The van der Waals surface area contributed by atoms with Crippen LogP contribution in [0.2, 0.25) is 0 Å². The average molecular weight is 420 g/mol. The third kappa shape index (κ3) is 5.06. The second-order valence-electron chi connectivity index (χ2n) is 6.81. The zero-order valence-electron chi connectivity index (χ0n) is 16.8. The summed E-state index contributed by atoms with van der Waals surface area (Å²) in [5.41, 5.74) is 0.637. The lowest BCUT2D eigenvalue weighted by Crippen LogP contribution is -2.48. The van der Waals surface area contributed by atoms with Gasteiger partial charge >= 0.3 is 6.18 Å². The standard InChI is InChI=1S/C22H23F3N2O3/c1-29-19-8-6-16(14-20(19)30-2)7-9-21(28)27-12-10-26(11-13-27)18-5-3-4-17(15-18)22(23,24)25/h3-9,14-15H,10-13H2,1-2H3/b9-7-. The number of carbonyl (C=O) groups is 1. The zero-order chi connectivity index (χ0) is 21.7. The summed E-state index contributed by atoms with van der Waals surface area (Å²) in [6, 6.07) is 10.6. The highest BCUT2D eigenvalue weighted by Gasteiger charge is 2.31. The van der Waals surface area contributed by atoms with Gasteiger partial charge < -0.3 is 19.3 Å². The van der Waals surface area contributed by atoms with Gasteiger partial charge in [0.25, 0.3) is 0 Å². The highest BCUT2D eigenvalue weighted by atomic mass is 19.4. The number of hydrogen-bond donors (Lipinski definition) is 0. The predicted octanol–water partition coefficient (Wildman–Crippen LogP) is 4.08. The molecule has 0 bridgehead atoms. The van der Waals surface area contributed by atoms with E-state index >= 15 is 0 Å². The third-order valence-electron chi connectivity index (χ3n) is 4.96. The molecule has 1 amide bonds. The quantitative estimate of drug-likeness (QED) is 0.684. The Bertz CT molecular complexity index is 920. The normalized spacial score (nSPS) is 14.8. The van der Waals surface area contributed by atoms with Crippen LogP contribution in [0.1, 0.15) is 11.1 Å². The van der Waals surface area contributed by atoms with Gasteiger partial charge in [-0.1, -0.05) is 12.1 Å². The Labute approximate surface area is 173 Å². The van der Waals surface area contributed by atoms with Crippen LogP contribution in [0.3, 0.4) is 0 Å². The molecular formula is C22H23F3N2O3. The molecule has 0 radical (unpaired) electrons. The van der Waals surface area contributed by atoms with E-state index in [0.717, 1.165) is 17.7 Å². The van der Waals surface area contributed by atoms with Gasteiger partial charge in [0.15, 0.2) is 11.5 Å². The number of methoxy groups -OCH3 is 2. The van der Waals surface area contributed by atoms with Gasteiger partial charge in [-0.2, -0.15) is 13.2 Å². The maximum atomic E-state index is 12.9. The molecule has 0 spiro atoms. The van der Waals surface area contributed by atoms with Gasteiger partial charge in [0.2, 0.25) is 5.91 Å². The number of piperazine rings is 1. The number of amides is 1. The highest BCUT2D eigenvalue weighted by Crippen LogP contribution is 2.32. The summed E-state index contributed by atoms with van der Waals surface area (Å²) in [5.74, 6) is 1.03. The lowest BCUT2D eigenvalue weighted by Gasteiger charge is -2.35. The van der Waals surface area contributed by atoms with Crippen LogP contribution >= 0.6 is 0 Å². The number of nitrogens with zero attached hydrogens (tertiary/aromatic N) is 2. The van der Waals surface area contributed by atoms with Crippen molar-refractivity contribution in [1.82, 2.24) is 4.90 Å². The Morgan fingerprint density at radius 3 is 2.30 bits per heavy atom. The minimum atomic E-state index is -4.37. The molecule has 0 aliphatic carbocycles. The molecule has 1 aliphatic rings. The van der Waals surface area contributed by atoms with Gasteiger partial charge in [0.05, 0.1) is 19.8 Å². The molecule has 0 unspecified atom stereocenters. The molecule has 3 rings (SSSR count). The molecule has 30 heavy (non-hydrogen) atoms. The molecule has 0 saturated carbocycles. The first-order valence-electron chi connectivity index (χ1n) is 9.43. The molecule has 2 aromatic rings. The summed E-state index contributed by atoms with van der Waals surface area (Å²) >= 11 is 0. The summed E-state index contributed by atoms with van der Waals surface area (Å²) in [5, 5.41) is 0. The van der Waals surface area contributed by atoms with Gasteiger partial charge in [-0.05, 0) is 42.0 Å². The number of anilines is 1. The van der Waals surface area contributed by atoms with Crippen molar-refractivity contribution < 1.29 is 27.4 Å². The van der Waals surface area contributed by atoms with Crippen molar-refractivity contribution in [2.24, 2.45) is 0 Å².